The number of pyridine rings is 1. The van der Waals surface area contributed by atoms with Gasteiger partial charge < -0.3 is 15.0 Å². The second-order valence-electron chi connectivity index (χ2n) is 8.45. The number of amides is 1. The number of benzene rings is 2. The molecule has 34 heavy (non-hydrogen) atoms. The molecular formula is C29H31N3O2. The Bertz CT molecular complexity index is 1250. The Morgan fingerprint density at radius 1 is 0.971 bits per heavy atom. The van der Waals surface area contributed by atoms with Crippen LogP contribution in [0.2, 0.25) is 0 Å². The third kappa shape index (κ3) is 5.20. The lowest BCUT2D eigenvalue weighted by atomic mass is 9.97. The van der Waals surface area contributed by atoms with Gasteiger partial charge in [-0.05, 0) is 61.7 Å². The fourth-order valence-electron chi connectivity index (χ4n) is 4.42. The molecule has 0 spiro atoms. The topological polar surface area (TPSA) is 70.1 Å². The van der Waals surface area contributed by atoms with Crippen molar-refractivity contribution in [3.63, 3.8) is 0 Å². The molecule has 2 aromatic carbocycles. The third-order valence-electron chi connectivity index (χ3n) is 6.04. The Kier molecular flexibility index (Phi) is 7.43. The van der Waals surface area contributed by atoms with Gasteiger partial charge in [0, 0.05) is 23.1 Å². The molecular weight excluding hydrogens is 422 g/mol. The van der Waals surface area contributed by atoms with Gasteiger partial charge >= 0.3 is 0 Å². The minimum absolute atomic E-state index is 0.418. The lowest BCUT2D eigenvalue weighted by Gasteiger charge is -2.14. The van der Waals surface area contributed by atoms with Crippen molar-refractivity contribution in [1.29, 1.82) is 0 Å². The maximum Gasteiger partial charge on any atom is 0.251 e. The molecule has 0 radical (unpaired) electrons. The van der Waals surface area contributed by atoms with E-state index in [1.807, 2.05) is 79.7 Å². The number of nitrogens with two attached hydrogens (primary N) is 1. The number of para-hydroxylation sites is 1. The maximum atomic E-state index is 12.7. The fraction of sp³-hybridized carbons (Fsp3) is 0.241. The highest BCUT2D eigenvalue weighted by Crippen LogP contribution is 2.36. The summed E-state index contributed by atoms with van der Waals surface area (Å²) in [5.74, 6) is 1.06. The number of carbonyl (C=O) groups excluding carboxylic acids is 1. The summed E-state index contributed by atoms with van der Waals surface area (Å²) in [6, 6.07) is 23.5. The zero-order chi connectivity index (χ0) is 23.9. The molecule has 2 aromatic heterocycles. The summed E-state index contributed by atoms with van der Waals surface area (Å²) >= 11 is 0. The summed E-state index contributed by atoms with van der Waals surface area (Å²) in [4.78, 5) is 17.2. The summed E-state index contributed by atoms with van der Waals surface area (Å²) in [6.45, 7) is 4.76. The molecule has 0 unspecified atom stereocenters. The molecule has 0 atom stereocenters. The lowest BCUT2D eigenvalue weighted by molar-refractivity contribution is 0.1000. The molecule has 0 aliphatic carbocycles. The minimum atomic E-state index is -0.418. The smallest absolute Gasteiger partial charge is 0.251 e. The molecule has 0 bridgehead atoms. The molecule has 0 saturated carbocycles. The average molecular weight is 454 g/mol. The second kappa shape index (κ2) is 10.8. The van der Waals surface area contributed by atoms with Crippen molar-refractivity contribution in [2.75, 3.05) is 0 Å². The highest BCUT2D eigenvalue weighted by Gasteiger charge is 2.25. The van der Waals surface area contributed by atoms with Crippen molar-refractivity contribution in [2.45, 2.75) is 46.1 Å². The Hall–Kier alpha value is -3.86. The first kappa shape index (κ1) is 23.3. The van der Waals surface area contributed by atoms with E-state index >= 15 is 0 Å². The second-order valence-corrected chi connectivity index (χ2v) is 8.45. The Balaban J connectivity index is 1.82. The molecule has 0 fully saturated rings. The van der Waals surface area contributed by atoms with E-state index in [-0.39, 0.29) is 0 Å². The van der Waals surface area contributed by atoms with Crippen LogP contribution in [0.4, 0.5) is 0 Å². The number of hydrogen-bond donors (Lipinski definition) is 1. The van der Waals surface area contributed by atoms with Crippen molar-refractivity contribution >= 4 is 5.91 Å². The summed E-state index contributed by atoms with van der Waals surface area (Å²) in [5.41, 5.74) is 11.3. The van der Waals surface area contributed by atoms with Crippen LogP contribution in [0.5, 0.6) is 11.5 Å². The first-order valence-electron chi connectivity index (χ1n) is 11.8. The molecule has 4 aromatic rings. The van der Waals surface area contributed by atoms with Crippen molar-refractivity contribution in [3.8, 4) is 22.6 Å². The van der Waals surface area contributed by atoms with Crippen LogP contribution in [-0.4, -0.2) is 15.5 Å². The van der Waals surface area contributed by atoms with E-state index in [1.54, 1.807) is 6.20 Å². The van der Waals surface area contributed by atoms with E-state index in [4.69, 9.17) is 10.5 Å². The van der Waals surface area contributed by atoms with E-state index in [9.17, 15) is 4.79 Å². The summed E-state index contributed by atoms with van der Waals surface area (Å²) in [6.07, 6.45) is 5.93. The number of unbranched alkanes of at least 4 members (excludes halogenated alkanes) is 2. The van der Waals surface area contributed by atoms with Crippen LogP contribution in [-0.2, 0) is 13.0 Å². The molecule has 2 heterocycles. The first-order valence-corrected chi connectivity index (χ1v) is 11.8. The van der Waals surface area contributed by atoms with Crippen LogP contribution in [0.25, 0.3) is 11.1 Å². The van der Waals surface area contributed by atoms with Gasteiger partial charge in [-0.1, -0.05) is 56.2 Å². The van der Waals surface area contributed by atoms with Gasteiger partial charge in [0.2, 0.25) is 0 Å². The predicted molar refractivity (Wildman–Crippen MR) is 136 cm³/mol. The molecule has 0 aliphatic rings. The fourth-order valence-corrected chi connectivity index (χ4v) is 4.42. The number of rotatable bonds is 10. The Morgan fingerprint density at radius 2 is 1.74 bits per heavy atom. The van der Waals surface area contributed by atoms with Crippen LogP contribution in [0.1, 0.15) is 53.6 Å². The van der Waals surface area contributed by atoms with Crippen molar-refractivity contribution in [2.24, 2.45) is 5.73 Å². The quantitative estimate of drug-likeness (QED) is 0.278. The normalized spacial score (nSPS) is 10.9. The van der Waals surface area contributed by atoms with Crippen LogP contribution in [0.3, 0.4) is 0 Å². The van der Waals surface area contributed by atoms with Crippen LogP contribution in [0.15, 0.2) is 79.0 Å². The van der Waals surface area contributed by atoms with Crippen LogP contribution in [0, 0.1) is 6.92 Å². The number of hydrogen-bond acceptors (Lipinski definition) is 3. The molecule has 4 rings (SSSR count). The van der Waals surface area contributed by atoms with E-state index < -0.39 is 5.91 Å². The molecule has 0 aliphatic heterocycles. The zero-order valence-electron chi connectivity index (χ0n) is 19.8. The molecule has 5 heteroatoms. The van der Waals surface area contributed by atoms with E-state index in [2.05, 4.69) is 16.5 Å². The summed E-state index contributed by atoms with van der Waals surface area (Å²) < 4.78 is 8.29. The van der Waals surface area contributed by atoms with E-state index in [0.717, 1.165) is 59.6 Å². The predicted octanol–water partition coefficient (Wildman–Crippen LogP) is 6.53. The number of ether oxygens (including phenoxy) is 1. The minimum Gasteiger partial charge on any atom is -0.457 e. The van der Waals surface area contributed by atoms with Gasteiger partial charge in [-0.15, -0.1) is 0 Å². The van der Waals surface area contributed by atoms with Gasteiger partial charge in [0.25, 0.3) is 5.91 Å². The van der Waals surface area contributed by atoms with Gasteiger partial charge in [-0.3, -0.25) is 9.78 Å². The van der Waals surface area contributed by atoms with Crippen LogP contribution >= 0.6 is 0 Å². The highest BCUT2D eigenvalue weighted by atomic mass is 16.5. The third-order valence-corrected chi connectivity index (χ3v) is 6.04. The molecule has 5 nitrogen and oxygen atoms in total. The van der Waals surface area contributed by atoms with Gasteiger partial charge in [-0.2, -0.15) is 0 Å². The van der Waals surface area contributed by atoms with Crippen molar-refractivity contribution in [3.05, 3.63) is 102 Å². The van der Waals surface area contributed by atoms with Gasteiger partial charge in [-0.25, -0.2) is 0 Å². The highest BCUT2D eigenvalue weighted by molar-refractivity contribution is 6.02. The van der Waals surface area contributed by atoms with Crippen molar-refractivity contribution in [1.82, 2.24) is 9.55 Å². The van der Waals surface area contributed by atoms with Gasteiger partial charge in [0.1, 0.15) is 11.5 Å². The Labute approximate surface area is 201 Å². The molecule has 0 saturated heterocycles. The lowest BCUT2D eigenvalue weighted by Crippen LogP contribution is -2.14. The molecule has 1 amide bonds. The molecule has 174 valence electrons. The monoisotopic (exact) mass is 453 g/mol. The molecule has 2 N–H and O–H groups in total. The van der Waals surface area contributed by atoms with Gasteiger partial charge in [0.05, 0.1) is 17.8 Å². The maximum absolute atomic E-state index is 12.7. The van der Waals surface area contributed by atoms with Crippen molar-refractivity contribution < 1.29 is 9.53 Å². The van der Waals surface area contributed by atoms with Gasteiger partial charge in [0.15, 0.2) is 0 Å². The number of aromatic nitrogens is 2. The zero-order valence-corrected chi connectivity index (χ0v) is 19.8. The summed E-state index contributed by atoms with van der Waals surface area (Å²) in [7, 11) is 0. The van der Waals surface area contributed by atoms with E-state index in [0.29, 0.717) is 17.9 Å². The average Bonchev–Trinajstić information content (AvgIpc) is 3.12. The number of carbonyl (C=O) groups is 1. The largest absolute Gasteiger partial charge is 0.457 e. The first-order chi connectivity index (χ1) is 16.6. The standard InChI is InChI=1S/C29H31N3O2/c1-3-4-6-17-26-28(22-12-11-16-25(19-22)34-24-14-7-5-8-15-24)27(29(30)33)21(2)32(26)20-23-13-9-10-18-31-23/h5,7-16,18-19H,3-4,6,17,20H2,1-2H3,(H2,30,33). The number of primary amides is 1. The Morgan fingerprint density at radius 3 is 2.44 bits per heavy atom. The van der Waals surface area contributed by atoms with Crippen LogP contribution < -0.4 is 10.5 Å². The number of nitrogens with zero attached hydrogens (tertiary/aromatic N) is 2. The van der Waals surface area contributed by atoms with E-state index in [1.165, 1.54) is 0 Å². The SMILES string of the molecule is CCCCCc1c(-c2cccc(Oc3ccccc3)c2)c(C(N)=O)c(C)n1Cc1ccccn1. The summed E-state index contributed by atoms with van der Waals surface area (Å²) in [5, 5.41) is 0.